The lowest BCUT2D eigenvalue weighted by atomic mass is 10.0. The van der Waals surface area contributed by atoms with Gasteiger partial charge in [0.1, 0.15) is 0 Å². The molecule has 0 spiro atoms. The van der Waals surface area contributed by atoms with Gasteiger partial charge in [-0.2, -0.15) is 0 Å². The molecular weight excluding hydrogens is 422 g/mol. The summed E-state index contributed by atoms with van der Waals surface area (Å²) in [6.45, 7) is 0. The lowest BCUT2D eigenvalue weighted by molar-refractivity contribution is -0.197. The molecule has 1 heterocycles. The number of hydroxylamine groups is 2. The largest absolute Gasteiger partial charge is 0.481 e. The zero-order valence-electron chi connectivity index (χ0n) is 20.5. The van der Waals surface area contributed by atoms with Crippen LogP contribution in [0, 0.1) is 0 Å². The van der Waals surface area contributed by atoms with Gasteiger partial charge < -0.3 is 9.94 Å². The smallest absolute Gasteiger partial charge is 0.333 e. The van der Waals surface area contributed by atoms with Crippen LogP contribution >= 0.6 is 0 Å². The zero-order valence-corrected chi connectivity index (χ0v) is 20.5. The van der Waals surface area contributed by atoms with E-state index in [2.05, 4.69) is 0 Å². The van der Waals surface area contributed by atoms with Crippen molar-refractivity contribution in [2.24, 2.45) is 0 Å². The fourth-order valence-electron chi connectivity index (χ4n) is 4.18. The van der Waals surface area contributed by atoms with Crippen LogP contribution < -0.4 is 0 Å². The van der Waals surface area contributed by atoms with Crippen LogP contribution in [0.1, 0.15) is 141 Å². The van der Waals surface area contributed by atoms with Crippen molar-refractivity contribution in [3.05, 3.63) is 0 Å². The summed E-state index contributed by atoms with van der Waals surface area (Å²) in [5, 5.41) is 9.21. The Kier molecular flexibility index (Phi) is 17.2. The molecule has 1 saturated heterocycles. The van der Waals surface area contributed by atoms with E-state index in [1.54, 1.807) is 0 Å². The number of carbonyl (C=O) groups is 4. The Balaban J connectivity index is 1.74. The molecule has 1 aliphatic heterocycles. The minimum Gasteiger partial charge on any atom is -0.481 e. The molecule has 7 heteroatoms. The summed E-state index contributed by atoms with van der Waals surface area (Å²) in [6.07, 6.45) is 22.2. The quantitative estimate of drug-likeness (QED) is 0.144. The van der Waals surface area contributed by atoms with E-state index in [9.17, 15) is 19.2 Å². The molecule has 1 rings (SSSR count). The van der Waals surface area contributed by atoms with Crippen molar-refractivity contribution in [1.82, 2.24) is 5.06 Å². The standard InChI is InChI=1S/C26H45NO6/c28-23-21-22-24(29)27(23)33-26(32)20-18-16-14-12-10-8-6-4-2-1-3-5-7-9-11-13-15-17-19-25(30)31/h1-22H2,(H,30,31). The van der Waals surface area contributed by atoms with Crippen LogP contribution in [-0.2, 0) is 24.0 Å². The molecule has 0 radical (unpaired) electrons. The Labute approximate surface area is 199 Å². The second-order valence-corrected chi connectivity index (χ2v) is 9.30. The number of nitrogens with zero attached hydrogens (tertiary/aromatic N) is 1. The van der Waals surface area contributed by atoms with E-state index in [0.717, 1.165) is 32.1 Å². The topological polar surface area (TPSA) is 101 Å². The first-order valence-electron chi connectivity index (χ1n) is 13.3. The highest BCUT2D eigenvalue weighted by Crippen LogP contribution is 2.16. The number of hydrogen-bond donors (Lipinski definition) is 1. The van der Waals surface area contributed by atoms with Crippen LogP contribution in [0.15, 0.2) is 0 Å². The Hall–Kier alpha value is -1.92. The first-order valence-corrected chi connectivity index (χ1v) is 13.3. The third kappa shape index (κ3) is 16.4. The molecule has 2 amide bonds. The highest BCUT2D eigenvalue weighted by Gasteiger charge is 2.32. The Morgan fingerprint density at radius 1 is 0.576 bits per heavy atom. The van der Waals surface area contributed by atoms with Crippen molar-refractivity contribution in [2.45, 2.75) is 141 Å². The molecule has 0 aromatic carbocycles. The van der Waals surface area contributed by atoms with Gasteiger partial charge in [0.15, 0.2) is 0 Å². The number of amides is 2. The number of aliphatic carboxylic acids is 1. The fraction of sp³-hybridized carbons (Fsp3) is 0.846. The summed E-state index contributed by atoms with van der Waals surface area (Å²) in [5.41, 5.74) is 0. The SMILES string of the molecule is O=C(O)CCCCCCCCCCCCCCCCCCCCC(=O)ON1C(=O)CCC1=O. The molecule has 7 nitrogen and oxygen atoms in total. The van der Waals surface area contributed by atoms with Gasteiger partial charge in [-0.15, -0.1) is 5.06 Å². The molecule has 0 bridgehead atoms. The van der Waals surface area contributed by atoms with Gasteiger partial charge in [-0.05, 0) is 12.8 Å². The maximum atomic E-state index is 11.7. The predicted molar refractivity (Wildman–Crippen MR) is 127 cm³/mol. The average molecular weight is 468 g/mol. The van der Waals surface area contributed by atoms with E-state index < -0.39 is 23.8 Å². The number of rotatable bonds is 22. The summed E-state index contributed by atoms with van der Waals surface area (Å²) < 4.78 is 0. The van der Waals surface area contributed by atoms with Crippen LogP contribution in [0.2, 0.25) is 0 Å². The summed E-state index contributed by atoms with van der Waals surface area (Å²) >= 11 is 0. The number of carbonyl (C=O) groups excluding carboxylic acids is 3. The third-order valence-corrected chi connectivity index (χ3v) is 6.22. The van der Waals surface area contributed by atoms with Gasteiger partial charge in [-0.3, -0.25) is 14.4 Å². The summed E-state index contributed by atoms with van der Waals surface area (Å²) in [5.74, 6) is -2.02. The normalized spacial score (nSPS) is 13.6. The van der Waals surface area contributed by atoms with Crippen molar-refractivity contribution >= 4 is 23.8 Å². The van der Waals surface area contributed by atoms with Crippen LogP contribution in [-0.4, -0.2) is 33.9 Å². The summed E-state index contributed by atoms with van der Waals surface area (Å²) in [4.78, 5) is 49.8. The van der Waals surface area contributed by atoms with Crippen LogP contribution in [0.4, 0.5) is 0 Å². The summed E-state index contributed by atoms with van der Waals surface area (Å²) in [7, 11) is 0. The zero-order chi connectivity index (χ0) is 24.2. The number of carboxylic acid groups (broad SMARTS) is 1. The van der Waals surface area contributed by atoms with E-state index >= 15 is 0 Å². The first kappa shape index (κ1) is 29.1. The molecule has 0 saturated carbocycles. The molecule has 1 fully saturated rings. The minimum atomic E-state index is -0.680. The molecule has 0 aliphatic carbocycles. The van der Waals surface area contributed by atoms with E-state index in [1.807, 2.05) is 0 Å². The second kappa shape index (κ2) is 19.5. The van der Waals surface area contributed by atoms with Gasteiger partial charge >= 0.3 is 11.9 Å². The van der Waals surface area contributed by atoms with Gasteiger partial charge in [0, 0.05) is 25.7 Å². The molecule has 1 N–H and O–H groups in total. The Morgan fingerprint density at radius 2 is 0.879 bits per heavy atom. The number of unbranched alkanes of at least 4 members (excludes halogenated alkanes) is 17. The van der Waals surface area contributed by atoms with Crippen LogP contribution in [0.5, 0.6) is 0 Å². The van der Waals surface area contributed by atoms with E-state index in [4.69, 9.17) is 9.94 Å². The van der Waals surface area contributed by atoms with Gasteiger partial charge in [0.2, 0.25) is 0 Å². The monoisotopic (exact) mass is 467 g/mol. The van der Waals surface area contributed by atoms with Gasteiger partial charge in [-0.25, -0.2) is 4.79 Å². The second-order valence-electron chi connectivity index (χ2n) is 9.30. The maximum Gasteiger partial charge on any atom is 0.333 e. The molecule has 190 valence electrons. The summed E-state index contributed by atoms with van der Waals surface area (Å²) in [6, 6.07) is 0. The lowest BCUT2D eigenvalue weighted by Gasteiger charge is -2.12. The maximum absolute atomic E-state index is 11.7. The minimum absolute atomic E-state index is 0.131. The Morgan fingerprint density at radius 3 is 1.21 bits per heavy atom. The average Bonchev–Trinajstić information content (AvgIpc) is 3.09. The van der Waals surface area contributed by atoms with Crippen LogP contribution in [0.25, 0.3) is 0 Å². The molecule has 1 aliphatic rings. The van der Waals surface area contributed by atoms with E-state index in [-0.39, 0.29) is 19.3 Å². The van der Waals surface area contributed by atoms with Crippen molar-refractivity contribution < 1.29 is 29.1 Å². The number of hydrogen-bond acceptors (Lipinski definition) is 5. The van der Waals surface area contributed by atoms with Crippen molar-refractivity contribution in [3.8, 4) is 0 Å². The van der Waals surface area contributed by atoms with Crippen molar-refractivity contribution in [2.75, 3.05) is 0 Å². The van der Waals surface area contributed by atoms with Gasteiger partial charge in [-0.1, -0.05) is 103 Å². The highest BCUT2D eigenvalue weighted by atomic mass is 16.7. The molecular formula is C26H45NO6. The molecule has 0 aromatic rings. The fourth-order valence-corrected chi connectivity index (χ4v) is 4.18. The van der Waals surface area contributed by atoms with Crippen molar-refractivity contribution in [3.63, 3.8) is 0 Å². The number of imide groups is 1. The van der Waals surface area contributed by atoms with Gasteiger partial charge in [0.05, 0.1) is 0 Å². The molecule has 33 heavy (non-hydrogen) atoms. The van der Waals surface area contributed by atoms with Gasteiger partial charge in [0.25, 0.3) is 11.8 Å². The predicted octanol–water partition coefficient (Wildman–Crippen LogP) is 6.48. The Bertz CT molecular complexity index is 561. The molecule has 0 unspecified atom stereocenters. The highest BCUT2D eigenvalue weighted by molar-refractivity contribution is 6.01. The molecule has 0 atom stereocenters. The number of carboxylic acids is 1. The van der Waals surface area contributed by atoms with E-state index in [0.29, 0.717) is 11.5 Å². The third-order valence-electron chi connectivity index (χ3n) is 6.22. The molecule has 0 aromatic heterocycles. The van der Waals surface area contributed by atoms with Crippen LogP contribution in [0.3, 0.4) is 0 Å². The lowest BCUT2D eigenvalue weighted by Crippen LogP contribution is -2.31. The van der Waals surface area contributed by atoms with E-state index in [1.165, 1.54) is 83.5 Å². The van der Waals surface area contributed by atoms with Crippen molar-refractivity contribution in [1.29, 1.82) is 0 Å². The first-order chi connectivity index (χ1) is 16.0.